The highest BCUT2D eigenvalue weighted by Gasteiger charge is 2.39. The van der Waals surface area contributed by atoms with Crippen LogP contribution in [0, 0.1) is 5.92 Å². The monoisotopic (exact) mass is 409 g/mol. The predicted octanol–water partition coefficient (Wildman–Crippen LogP) is 0.480. The molecule has 1 aromatic heterocycles. The van der Waals surface area contributed by atoms with Crippen LogP contribution < -0.4 is 5.56 Å². The van der Waals surface area contributed by atoms with Gasteiger partial charge in [-0.25, -0.2) is 12.7 Å². The fraction of sp³-hybridized carbons (Fsp3) is 0.684. The van der Waals surface area contributed by atoms with Crippen molar-refractivity contribution in [3.8, 4) is 0 Å². The summed E-state index contributed by atoms with van der Waals surface area (Å²) in [6.45, 7) is 5.18. The van der Waals surface area contributed by atoms with Crippen molar-refractivity contribution in [2.24, 2.45) is 5.92 Å². The van der Waals surface area contributed by atoms with Crippen molar-refractivity contribution in [1.29, 1.82) is 0 Å². The Morgan fingerprint density at radius 1 is 1.18 bits per heavy atom. The van der Waals surface area contributed by atoms with Crippen molar-refractivity contribution in [2.45, 2.75) is 32.2 Å². The number of piperidine rings is 1. The highest BCUT2D eigenvalue weighted by molar-refractivity contribution is 7.89. The molecule has 2 fully saturated rings. The minimum atomic E-state index is -3.24. The van der Waals surface area contributed by atoms with Crippen molar-refractivity contribution < 1.29 is 17.9 Å². The molecule has 0 aliphatic carbocycles. The van der Waals surface area contributed by atoms with Gasteiger partial charge in [-0.1, -0.05) is 0 Å². The van der Waals surface area contributed by atoms with Crippen molar-refractivity contribution >= 4 is 15.9 Å². The Hall–Kier alpha value is -1.71. The fourth-order valence-electron chi connectivity index (χ4n) is 4.59. The van der Waals surface area contributed by atoms with Crippen molar-refractivity contribution in [3.63, 3.8) is 0 Å². The second kappa shape index (κ2) is 7.61. The maximum Gasteiger partial charge on any atom is 0.263 e. The number of hydrogen-bond donors (Lipinski definition) is 0. The SMILES string of the molecule is CCS(=O)(=O)N1C[C@@H]2C[C@H](C1)c1ccc(C(=O)N3CCCOCC3)c(=O)n1C2. The predicted molar refractivity (Wildman–Crippen MR) is 104 cm³/mol. The first-order valence-corrected chi connectivity index (χ1v) is 11.6. The minimum Gasteiger partial charge on any atom is -0.380 e. The molecule has 2 bridgehead atoms. The van der Waals surface area contributed by atoms with Crippen LogP contribution in [-0.4, -0.2) is 73.2 Å². The van der Waals surface area contributed by atoms with E-state index in [4.69, 9.17) is 4.74 Å². The number of amides is 1. The quantitative estimate of drug-likeness (QED) is 0.725. The van der Waals surface area contributed by atoms with Gasteiger partial charge in [-0.05, 0) is 37.8 Å². The molecule has 2 saturated heterocycles. The number of carbonyl (C=O) groups excluding carboxylic acids is 1. The molecule has 28 heavy (non-hydrogen) atoms. The van der Waals surface area contributed by atoms with Crippen LogP contribution in [0.15, 0.2) is 16.9 Å². The van der Waals surface area contributed by atoms with E-state index < -0.39 is 10.0 Å². The van der Waals surface area contributed by atoms with E-state index >= 15 is 0 Å². The van der Waals surface area contributed by atoms with Crippen LogP contribution in [-0.2, 0) is 21.3 Å². The van der Waals surface area contributed by atoms with Gasteiger partial charge in [-0.3, -0.25) is 9.59 Å². The van der Waals surface area contributed by atoms with Crippen LogP contribution in [0.5, 0.6) is 0 Å². The van der Waals surface area contributed by atoms with Gasteiger partial charge in [0, 0.05) is 50.9 Å². The van der Waals surface area contributed by atoms with Crippen LogP contribution in [0.4, 0.5) is 0 Å². The van der Waals surface area contributed by atoms with E-state index in [0.29, 0.717) is 45.9 Å². The van der Waals surface area contributed by atoms with Gasteiger partial charge in [-0.2, -0.15) is 0 Å². The number of sulfonamides is 1. The first-order valence-electron chi connectivity index (χ1n) is 9.99. The molecule has 8 nitrogen and oxygen atoms in total. The van der Waals surface area contributed by atoms with Gasteiger partial charge in [0.2, 0.25) is 10.0 Å². The van der Waals surface area contributed by atoms with E-state index in [1.165, 1.54) is 0 Å². The molecule has 4 heterocycles. The van der Waals surface area contributed by atoms with Gasteiger partial charge in [0.1, 0.15) is 5.56 Å². The van der Waals surface area contributed by atoms with E-state index in [2.05, 4.69) is 0 Å². The summed E-state index contributed by atoms with van der Waals surface area (Å²) < 4.78 is 33.3. The zero-order valence-electron chi connectivity index (χ0n) is 16.2. The third-order valence-electron chi connectivity index (χ3n) is 6.07. The summed E-state index contributed by atoms with van der Waals surface area (Å²) in [7, 11) is -3.24. The van der Waals surface area contributed by atoms with E-state index in [9.17, 15) is 18.0 Å². The van der Waals surface area contributed by atoms with Gasteiger partial charge >= 0.3 is 0 Å². The second-order valence-corrected chi connectivity index (χ2v) is 10.1. The largest absolute Gasteiger partial charge is 0.380 e. The van der Waals surface area contributed by atoms with Crippen molar-refractivity contribution in [3.05, 3.63) is 33.7 Å². The molecule has 1 amide bonds. The zero-order valence-corrected chi connectivity index (χ0v) is 17.0. The molecular weight excluding hydrogens is 382 g/mol. The Kier molecular flexibility index (Phi) is 5.32. The molecule has 4 rings (SSSR count). The number of pyridine rings is 1. The van der Waals surface area contributed by atoms with Gasteiger partial charge in [0.15, 0.2) is 0 Å². The fourth-order valence-corrected chi connectivity index (χ4v) is 5.80. The third kappa shape index (κ3) is 3.51. The molecular formula is C19H27N3O5S. The molecule has 0 saturated carbocycles. The maximum absolute atomic E-state index is 13.1. The van der Waals surface area contributed by atoms with E-state index in [0.717, 1.165) is 18.5 Å². The van der Waals surface area contributed by atoms with Crippen LogP contribution in [0.1, 0.15) is 41.7 Å². The molecule has 0 unspecified atom stereocenters. The number of fused-ring (bicyclic) bond motifs is 4. The van der Waals surface area contributed by atoms with Crippen molar-refractivity contribution in [2.75, 3.05) is 45.1 Å². The molecule has 0 N–H and O–H groups in total. The third-order valence-corrected chi connectivity index (χ3v) is 7.88. The summed E-state index contributed by atoms with van der Waals surface area (Å²) in [6.07, 6.45) is 1.65. The average molecular weight is 410 g/mol. The molecule has 0 radical (unpaired) electrons. The number of hydrogen-bond acceptors (Lipinski definition) is 5. The average Bonchev–Trinajstić information content (AvgIpc) is 2.98. The highest BCUT2D eigenvalue weighted by atomic mass is 32.2. The summed E-state index contributed by atoms with van der Waals surface area (Å²) in [4.78, 5) is 27.7. The molecule has 3 aliphatic rings. The smallest absolute Gasteiger partial charge is 0.263 e. The highest BCUT2D eigenvalue weighted by Crippen LogP contribution is 2.36. The Labute approximate surface area is 165 Å². The van der Waals surface area contributed by atoms with Gasteiger partial charge in [0.25, 0.3) is 11.5 Å². The minimum absolute atomic E-state index is 0.00253. The van der Waals surface area contributed by atoms with E-state index in [1.54, 1.807) is 26.8 Å². The summed E-state index contributed by atoms with van der Waals surface area (Å²) in [5, 5.41) is 0. The van der Waals surface area contributed by atoms with Crippen LogP contribution in [0.3, 0.4) is 0 Å². The maximum atomic E-state index is 13.1. The first kappa shape index (κ1) is 19.6. The van der Waals surface area contributed by atoms with Crippen molar-refractivity contribution in [1.82, 2.24) is 13.8 Å². The second-order valence-electron chi connectivity index (χ2n) is 7.86. The van der Waals surface area contributed by atoms with E-state index in [1.807, 2.05) is 6.07 Å². The lowest BCUT2D eigenvalue weighted by Gasteiger charge is -2.42. The molecule has 2 atom stereocenters. The molecule has 3 aliphatic heterocycles. The number of ether oxygens (including phenoxy) is 1. The van der Waals surface area contributed by atoms with Crippen LogP contribution in [0.2, 0.25) is 0 Å². The lowest BCUT2D eigenvalue weighted by Crippen LogP contribution is -2.50. The molecule has 9 heteroatoms. The first-order chi connectivity index (χ1) is 13.4. The molecule has 154 valence electrons. The Balaban J connectivity index is 1.63. The number of aromatic nitrogens is 1. The van der Waals surface area contributed by atoms with Gasteiger partial charge < -0.3 is 14.2 Å². The number of nitrogens with zero attached hydrogens (tertiary/aromatic N) is 3. The molecule has 0 spiro atoms. The zero-order chi connectivity index (χ0) is 19.9. The lowest BCUT2D eigenvalue weighted by molar-refractivity contribution is 0.0738. The summed E-state index contributed by atoms with van der Waals surface area (Å²) >= 11 is 0. The Bertz CT molecular complexity index is 918. The normalized spacial score (nSPS) is 25.8. The van der Waals surface area contributed by atoms with Gasteiger partial charge in [-0.15, -0.1) is 0 Å². The summed E-state index contributed by atoms with van der Waals surface area (Å²) in [5.74, 6) is -0.0529. The van der Waals surface area contributed by atoms with Crippen LogP contribution in [0.25, 0.3) is 0 Å². The van der Waals surface area contributed by atoms with E-state index in [-0.39, 0.29) is 34.6 Å². The summed E-state index contributed by atoms with van der Waals surface area (Å²) in [5.41, 5.74) is 0.783. The standard InChI is InChI=1S/C19H27N3O5S/c1-2-28(25,26)21-11-14-10-15(13-21)17-5-4-16(19(24)22(17)12-14)18(23)20-6-3-8-27-9-7-20/h4-5,14-15H,2-3,6-13H2,1H3/t14-,15+/m0/s1. The summed E-state index contributed by atoms with van der Waals surface area (Å²) in [6, 6.07) is 3.46. The lowest BCUT2D eigenvalue weighted by atomic mass is 9.84. The topological polar surface area (TPSA) is 88.9 Å². The number of rotatable bonds is 3. The van der Waals surface area contributed by atoms with Crippen LogP contribution >= 0.6 is 0 Å². The molecule has 1 aromatic rings. The Morgan fingerprint density at radius 2 is 2.00 bits per heavy atom. The van der Waals surface area contributed by atoms with Gasteiger partial charge in [0.05, 0.1) is 12.4 Å². The Morgan fingerprint density at radius 3 is 2.79 bits per heavy atom. The number of carbonyl (C=O) groups is 1. The molecule has 0 aromatic carbocycles.